The van der Waals surface area contributed by atoms with Crippen molar-refractivity contribution in [3.63, 3.8) is 0 Å². The van der Waals surface area contributed by atoms with Crippen LogP contribution in [-0.4, -0.2) is 51.1 Å². The van der Waals surface area contributed by atoms with Crippen LogP contribution in [0.25, 0.3) is 0 Å². The maximum absolute atomic E-state index is 12.3. The van der Waals surface area contributed by atoms with E-state index in [1.54, 1.807) is 0 Å². The van der Waals surface area contributed by atoms with Crippen LogP contribution < -0.4 is 15.4 Å². The highest BCUT2D eigenvalue weighted by molar-refractivity contribution is 5.91. The van der Waals surface area contributed by atoms with Gasteiger partial charge in [0.05, 0.1) is 0 Å². The smallest absolute Gasteiger partial charge is 0.224 e. The van der Waals surface area contributed by atoms with Crippen molar-refractivity contribution in [2.75, 3.05) is 45.7 Å². The van der Waals surface area contributed by atoms with Gasteiger partial charge in [0.1, 0.15) is 12.4 Å². The van der Waals surface area contributed by atoms with E-state index in [9.17, 15) is 4.79 Å². The quantitative estimate of drug-likeness (QED) is 0.695. The van der Waals surface area contributed by atoms with Gasteiger partial charge < -0.3 is 20.3 Å². The molecule has 5 nitrogen and oxygen atoms in total. The molecule has 2 N–H and O–H groups in total. The number of benzene rings is 1. The SMILES string of the molecule is CC(CC(=O)Nc1cccc(OCCN(C)C)c1)C1CCCNC1.Cl.Cl. The van der Waals surface area contributed by atoms with Gasteiger partial charge >= 0.3 is 0 Å². The van der Waals surface area contributed by atoms with Gasteiger partial charge in [0.2, 0.25) is 5.91 Å². The number of carbonyl (C=O) groups is 1. The number of amides is 1. The normalized spacial score (nSPS) is 17.6. The van der Waals surface area contributed by atoms with Crippen molar-refractivity contribution in [3.8, 4) is 5.75 Å². The first-order chi connectivity index (χ1) is 11.5. The van der Waals surface area contributed by atoms with E-state index < -0.39 is 0 Å². The molecule has 0 bridgehead atoms. The molecular weight excluding hydrogens is 373 g/mol. The van der Waals surface area contributed by atoms with E-state index in [1.807, 2.05) is 38.4 Å². The zero-order valence-corrected chi connectivity index (χ0v) is 17.6. The van der Waals surface area contributed by atoms with Crippen LogP contribution >= 0.6 is 24.8 Å². The van der Waals surface area contributed by atoms with Crippen molar-refractivity contribution >= 4 is 36.4 Å². The highest BCUT2D eigenvalue weighted by Gasteiger charge is 2.22. The summed E-state index contributed by atoms with van der Waals surface area (Å²) in [4.78, 5) is 14.4. The van der Waals surface area contributed by atoms with Crippen LogP contribution in [0.3, 0.4) is 0 Å². The molecule has 0 spiro atoms. The number of rotatable bonds is 8. The van der Waals surface area contributed by atoms with E-state index in [-0.39, 0.29) is 30.7 Å². The van der Waals surface area contributed by atoms with Crippen LogP contribution in [0.4, 0.5) is 5.69 Å². The Kier molecular flexibility index (Phi) is 12.7. The lowest BCUT2D eigenvalue weighted by Crippen LogP contribution is -2.34. The number of carbonyl (C=O) groups excluding carboxylic acids is 1. The fraction of sp³-hybridized carbons (Fsp3) is 0.632. The van der Waals surface area contributed by atoms with Gasteiger partial charge in [0.15, 0.2) is 0 Å². The number of nitrogens with zero attached hydrogens (tertiary/aromatic N) is 1. The zero-order valence-electron chi connectivity index (χ0n) is 16.0. The second-order valence-corrected chi connectivity index (χ2v) is 7.02. The molecule has 2 atom stereocenters. The van der Waals surface area contributed by atoms with Crippen LogP contribution in [0.2, 0.25) is 0 Å². The fourth-order valence-electron chi connectivity index (χ4n) is 3.05. The Hall–Kier alpha value is -1.01. The molecule has 0 radical (unpaired) electrons. The van der Waals surface area contributed by atoms with Gasteiger partial charge in [-0.3, -0.25) is 4.79 Å². The lowest BCUT2D eigenvalue weighted by molar-refractivity contribution is -0.117. The van der Waals surface area contributed by atoms with Crippen LogP contribution in [-0.2, 0) is 4.79 Å². The lowest BCUT2D eigenvalue weighted by atomic mass is 9.85. The maximum atomic E-state index is 12.3. The third-order valence-electron chi connectivity index (χ3n) is 4.57. The second-order valence-electron chi connectivity index (χ2n) is 7.02. The molecule has 1 amide bonds. The molecule has 0 aliphatic carbocycles. The highest BCUT2D eigenvalue weighted by atomic mass is 35.5. The number of nitrogens with one attached hydrogen (secondary N) is 2. The summed E-state index contributed by atoms with van der Waals surface area (Å²) >= 11 is 0. The van der Waals surface area contributed by atoms with Gasteiger partial charge in [-0.25, -0.2) is 0 Å². The molecule has 1 fully saturated rings. The Labute approximate surface area is 170 Å². The van der Waals surface area contributed by atoms with E-state index >= 15 is 0 Å². The topological polar surface area (TPSA) is 53.6 Å². The number of likely N-dealkylation sites (N-methyl/N-ethyl adjacent to an activating group) is 1. The van der Waals surface area contributed by atoms with Crippen LogP contribution in [0, 0.1) is 11.8 Å². The number of halogens is 2. The van der Waals surface area contributed by atoms with Crippen molar-refractivity contribution in [2.24, 2.45) is 11.8 Å². The molecule has 2 unspecified atom stereocenters. The average Bonchev–Trinajstić information content (AvgIpc) is 2.55. The van der Waals surface area contributed by atoms with Gasteiger partial charge in [-0.15, -0.1) is 24.8 Å². The van der Waals surface area contributed by atoms with Gasteiger partial charge in [-0.1, -0.05) is 13.0 Å². The molecule has 0 saturated carbocycles. The first-order valence-electron chi connectivity index (χ1n) is 8.93. The Morgan fingerprint density at radius 1 is 1.38 bits per heavy atom. The van der Waals surface area contributed by atoms with Crippen molar-refractivity contribution in [2.45, 2.75) is 26.2 Å². The second kappa shape index (κ2) is 13.2. The van der Waals surface area contributed by atoms with E-state index in [4.69, 9.17) is 4.74 Å². The predicted molar refractivity (Wildman–Crippen MR) is 113 cm³/mol. The van der Waals surface area contributed by atoms with E-state index in [0.29, 0.717) is 24.9 Å². The van der Waals surface area contributed by atoms with Crippen molar-refractivity contribution in [3.05, 3.63) is 24.3 Å². The molecule has 1 heterocycles. The summed E-state index contributed by atoms with van der Waals surface area (Å²) in [6.07, 6.45) is 3.00. The summed E-state index contributed by atoms with van der Waals surface area (Å²) in [6.45, 7) is 5.82. The van der Waals surface area contributed by atoms with Crippen molar-refractivity contribution in [1.82, 2.24) is 10.2 Å². The van der Waals surface area contributed by atoms with Gasteiger partial charge in [-0.2, -0.15) is 0 Å². The van der Waals surface area contributed by atoms with E-state index in [2.05, 4.69) is 22.5 Å². The van der Waals surface area contributed by atoms with Crippen molar-refractivity contribution in [1.29, 1.82) is 0 Å². The minimum atomic E-state index is 0. The molecule has 1 aromatic rings. The minimum Gasteiger partial charge on any atom is -0.492 e. The predicted octanol–water partition coefficient (Wildman–Crippen LogP) is 3.43. The average molecular weight is 406 g/mol. The molecule has 1 aliphatic rings. The number of ether oxygens (including phenoxy) is 1. The van der Waals surface area contributed by atoms with Crippen LogP contribution in [0.5, 0.6) is 5.75 Å². The Morgan fingerprint density at radius 3 is 2.81 bits per heavy atom. The minimum absolute atomic E-state index is 0. The number of hydrogen-bond donors (Lipinski definition) is 2. The molecule has 2 rings (SSSR count). The van der Waals surface area contributed by atoms with Gasteiger partial charge in [0, 0.05) is 24.7 Å². The fourth-order valence-corrected chi connectivity index (χ4v) is 3.05. The van der Waals surface area contributed by atoms with Crippen LogP contribution in [0.15, 0.2) is 24.3 Å². The van der Waals surface area contributed by atoms with Gasteiger partial charge in [0.25, 0.3) is 0 Å². The number of hydrogen-bond acceptors (Lipinski definition) is 4. The molecule has 1 aromatic carbocycles. The summed E-state index contributed by atoms with van der Waals surface area (Å²) in [7, 11) is 4.03. The maximum Gasteiger partial charge on any atom is 0.224 e. The largest absolute Gasteiger partial charge is 0.492 e. The summed E-state index contributed by atoms with van der Waals surface area (Å²) in [6, 6.07) is 7.63. The molecule has 1 aliphatic heterocycles. The van der Waals surface area contributed by atoms with E-state index in [1.165, 1.54) is 12.8 Å². The first kappa shape index (κ1) is 25.0. The summed E-state index contributed by atoms with van der Waals surface area (Å²) in [5, 5.41) is 6.42. The summed E-state index contributed by atoms with van der Waals surface area (Å²) in [5.74, 6) is 1.88. The lowest BCUT2D eigenvalue weighted by Gasteiger charge is -2.28. The molecule has 150 valence electrons. The molecule has 0 aromatic heterocycles. The molecular formula is C19H33Cl2N3O2. The molecule has 7 heteroatoms. The first-order valence-corrected chi connectivity index (χ1v) is 8.93. The molecule has 1 saturated heterocycles. The standard InChI is InChI=1S/C19H31N3O2.2ClH/c1-15(16-6-5-9-20-14-16)12-19(23)21-17-7-4-8-18(13-17)24-11-10-22(2)3;;/h4,7-8,13,15-16,20H,5-6,9-12,14H2,1-3H3,(H,21,23);2*1H. The summed E-state index contributed by atoms with van der Waals surface area (Å²) in [5.41, 5.74) is 0.802. The van der Waals surface area contributed by atoms with Gasteiger partial charge in [-0.05, 0) is 64.0 Å². The highest BCUT2D eigenvalue weighted by Crippen LogP contribution is 2.23. The third kappa shape index (κ3) is 9.08. The Morgan fingerprint density at radius 2 is 2.15 bits per heavy atom. The van der Waals surface area contributed by atoms with Crippen LogP contribution in [0.1, 0.15) is 26.2 Å². The summed E-state index contributed by atoms with van der Waals surface area (Å²) < 4.78 is 5.71. The van der Waals surface area contributed by atoms with E-state index in [0.717, 1.165) is 31.1 Å². The Bertz CT molecular complexity index is 523. The van der Waals surface area contributed by atoms with Crippen molar-refractivity contribution < 1.29 is 9.53 Å². The number of anilines is 1. The molecule has 26 heavy (non-hydrogen) atoms. The Balaban J connectivity index is 0.00000312. The number of piperidine rings is 1. The monoisotopic (exact) mass is 405 g/mol. The zero-order chi connectivity index (χ0) is 17.4. The third-order valence-corrected chi connectivity index (χ3v) is 4.57.